The van der Waals surface area contributed by atoms with Gasteiger partial charge in [0.1, 0.15) is 11.9 Å². The molecule has 1 aromatic carbocycles. The number of nitrogens with one attached hydrogen (secondary N) is 1. The molecule has 4 rings (SSSR count). The summed E-state index contributed by atoms with van der Waals surface area (Å²) in [6.07, 6.45) is 4.47. The molecule has 3 heterocycles. The third kappa shape index (κ3) is 3.91. The van der Waals surface area contributed by atoms with Gasteiger partial charge in [-0.15, -0.1) is 5.10 Å². The maximum atomic E-state index is 10.7. The van der Waals surface area contributed by atoms with Crippen LogP contribution in [0.15, 0.2) is 36.7 Å². The Morgan fingerprint density at radius 3 is 2.93 bits per heavy atom. The molecule has 3 aromatic rings. The van der Waals surface area contributed by atoms with Gasteiger partial charge < -0.3 is 19.9 Å². The normalized spacial score (nSPS) is 14.9. The first-order chi connectivity index (χ1) is 13.6. The minimum atomic E-state index is -1.03. The Balaban J connectivity index is 1.61. The van der Waals surface area contributed by atoms with E-state index in [-0.39, 0.29) is 12.6 Å². The van der Waals surface area contributed by atoms with Gasteiger partial charge in [0.25, 0.3) is 0 Å². The third-order valence-electron chi connectivity index (χ3n) is 4.94. The molecule has 0 unspecified atom stereocenters. The molecule has 0 saturated carbocycles. The average molecular weight is 382 g/mol. The molecular formula is C20H22N4O4. The lowest BCUT2D eigenvalue weighted by Crippen LogP contribution is -2.25. The number of rotatable bonds is 5. The molecule has 2 N–H and O–H groups in total. The molecule has 1 aliphatic rings. The smallest absolute Gasteiger partial charge is 0.404 e. The fourth-order valence-electron chi connectivity index (χ4n) is 3.41. The molecule has 1 saturated heterocycles. The highest BCUT2D eigenvalue weighted by atomic mass is 16.5. The lowest BCUT2D eigenvalue weighted by atomic mass is 10.0. The lowest BCUT2D eigenvalue weighted by Gasteiger charge is -2.22. The van der Waals surface area contributed by atoms with Gasteiger partial charge in [0, 0.05) is 31.0 Å². The number of amides is 1. The van der Waals surface area contributed by atoms with Crippen molar-refractivity contribution in [2.24, 2.45) is 0 Å². The third-order valence-corrected chi connectivity index (χ3v) is 4.94. The number of ether oxygens (including phenoxy) is 2. The first-order valence-electron chi connectivity index (χ1n) is 9.25. The van der Waals surface area contributed by atoms with Gasteiger partial charge in [0.15, 0.2) is 0 Å². The van der Waals surface area contributed by atoms with Crippen LogP contribution in [0, 0.1) is 6.92 Å². The van der Waals surface area contributed by atoms with E-state index in [1.807, 2.05) is 37.4 Å². The molecule has 8 heteroatoms. The summed E-state index contributed by atoms with van der Waals surface area (Å²) in [4.78, 5) is 10.7. The maximum absolute atomic E-state index is 10.7. The van der Waals surface area contributed by atoms with Crippen LogP contribution in [0.2, 0.25) is 0 Å². The predicted molar refractivity (Wildman–Crippen MR) is 102 cm³/mol. The molecule has 1 fully saturated rings. The Morgan fingerprint density at radius 1 is 1.36 bits per heavy atom. The van der Waals surface area contributed by atoms with Gasteiger partial charge in [-0.3, -0.25) is 0 Å². The summed E-state index contributed by atoms with van der Waals surface area (Å²) in [6, 6.07) is 7.91. The quantitative estimate of drug-likeness (QED) is 0.704. The summed E-state index contributed by atoms with van der Waals surface area (Å²) < 4.78 is 13.2. The Hall–Kier alpha value is -3.13. The fourth-order valence-corrected chi connectivity index (χ4v) is 3.41. The maximum Gasteiger partial charge on any atom is 0.404 e. The van der Waals surface area contributed by atoms with E-state index in [1.165, 1.54) is 0 Å². The van der Waals surface area contributed by atoms with E-state index in [0.29, 0.717) is 0 Å². The van der Waals surface area contributed by atoms with Crippen LogP contribution in [-0.4, -0.2) is 45.3 Å². The Bertz CT molecular complexity index is 995. The van der Waals surface area contributed by atoms with Crippen molar-refractivity contribution in [2.45, 2.75) is 32.4 Å². The van der Waals surface area contributed by atoms with Gasteiger partial charge >= 0.3 is 6.09 Å². The van der Waals surface area contributed by atoms with Crippen LogP contribution in [0.1, 0.15) is 24.0 Å². The average Bonchev–Trinajstić information content (AvgIpc) is 3.10. The van der Waals surface area contributed by atoms with Crippen molar-refractivity contribution in [3.05, 3.63) is 47.8 Å². The predicted octanol–water partition coefficient (Wildman–Crippen LogP) is 3.03. The topological polar surface area (TPSA) is 98.0 Å². The molecule has 0 atom stereocenters. The SMILES string of the molecule is Cc1cc(-c2cnnn3cc(OC4CCOCC4)cc23)ccc1CNC(=O)O. The van der Waals surface area contributed by atoms with Crippen molar-refractivity contribution < 1.29 is 19.4 Å². The molecule has 0 spiro atoms. The molecule has 1 aliphatic heterocycles. The summed E-state index contributed by atoms with van der Waals surface area (Å²) in [5, 5.41) is 19.5. The van der Waals surface area contributed by atoms with E-state index >= 15 is 0 Å². The molecule has 8 nitrogen and oxygen atoms in total. The van der Waals surface area contributed by atoms with E-state index in [4.69, 9.17) is 14.6 Å². The number of aryl methyl sites for hydroxylation is 1. The van der Waals surface area contributed by atoms with Crippen LogP contribution < -0.4 is 10.1 Å². The standard InChI is InChI=1S/C20H22N4O4/c1-13-8-14(2-3-15(13)10-21-20(25)26)18-11-22-23-24-12-17(9-19(18)24)28-16-4-6-27-7-5-16/h2-3,8-9,11-12,16,21H,4-7,10H2,1H3,(H,25,26). The van der Waals surface area contributed by atoms with Gasteiger partial charge in [-0.1, -0.05) is 23.4 Å². The van der Waals surface area contributed by atoms with Crippen LogP contribution in [-0.2, 0) is 11.3 Å². The molecule has 0 radical (unpaired) electrons. The summed E-state index contributed by atoms with van der Waals surface area (Å²) in [7, 11) is 0. The van der Waals surface area contributed by atoms with Gasteiger partial charge in [0.05, 0.1) is 31.1 Å². The second-order valence-corrected chi connectivity index (χ2v) is 6.88. The molecule has 146 valence electrons. The van der Waals surface area contributed by atoms with Crippen molar-refractivity contribution in [3.63, 3.8) is 0 Å². The van der Waals surface area contributed by atoms with Crippen molar-refractivity contribution in [1.29, 1.82) is 0 Å². The highest BCUT2D eigenvalue weighted by molar-refractivity contribution is 5.81. The zero-order valence-corrected chi connectivity index (χ0v) is 15.6. The minimum Gasteiger partial charge on any atom is -0.489 e. The largest absolute Gasteiger partial charge is 0.489 e. The van der Waals surface area contributed by atoms with Crippen LogP contribution in [0.4, 0.5) is 4.79 Å². The van der Waals surface area contributed by atoms with E-state index in [0.717, 1.165) is 59.6 Å². The van der Waals surface area contributed by atoms with E-state index < -0.39 is 6.09 Å². The Morgan fingerprint density at radius 2 is 2.18 bits per heavy atom. The van der Waals surface area contributed by atoms with Gasteiger partial charge in [0.2, 0.25) is 0 Å². The number of aromatic nitrogens is 3. The molecular weight excluding hydrogens is 360 g/mol. The summed E-state index contributed by atoms with van der Waals surface area (Å²) in [5.74, 6) is 0.771. The second-order valence-electron chi connectivity index (χ2n) is 6.88. The Kier molecular flexibility index (Phi) is 5.12. The second kappa shape index (κ2) is 7.85. The highest BCUT2D eigenvalue weighted by Crippen LogP contribution is 2.29. The first-order valence-corrected chi connectivity index (χ1v) is 9.25. The number of hydrogen-bond acceptors (Lipinski definition) is 5. The van der Waals surface area contributed by atoms with Crippen molar-refractivity contribution in [1.82, 2.24) is 20.1 Å². The molecule has 28 heavy (non-hydrogen) atoms. The zero-order valence-electron chi connectivity index (χ0n) is 15.6. The fraction of sp³-hybridized carbons (Fsp3) is 0.350. The van der Waals surface area contributed by atoms with Gasteiger partial charge in [-0.05, 0) is 23.6 Å². The van der Waals surface area contributed by atoms with E-state index in [9.17, 15) is 4.79 Å². The number of hydrogen-bond donors (Lipinski definition) is 2. The first kappa shape index (κ1) is 18.2. The van der Waals surface area contributed by atoms with Gasteiger partial charge in [-0.25, -0.2) is 9.31 Å². The van der Waals surface area contributed by atoms with Crippen LogP contribution >= 0.6 is 0 Å². The van der Waals surface area contributed by atoms with E-state index in [1.54, 1.807) is 10.7 Å². The molecule has 0 aliphatic carbocycles. The number of carboxylic acid groups (broad SMARTS) is 1. The summed E-state index contributed by atoms with van der Waals surface area (Å²) in [5.41, 5.74) is 4.78. The highest BCUT2D eigenvalue weighted by Gasteiger charge is 2.17. The monoisotopic (exact) mass is 382 g/mol. The number of nitrogens with zero attached hydrogens (tertiary/aromatic N) is 3. The minimum absolute atomic E-state index is 0.158. The summed E-state index contributed by atoms with van der Waals surface area (Å²) in [6.45, 7) is 3.70. The summed E-state index contributed by atoms with van der Waals surface area (Å²) >= 11 is 0. The Labute approximate surface area is 162 Å². The number of carbonyl (C=O) groups is 1. The van der Waals surface area contributed by atoms with Crippen LogP contribution in [0.25, 0.3) is 16.6 Å². The lowest BCUT2D eigenvalue weighted by molar-refractivity contribution is 0.0256. The number of benzene rings is 1. The van der Waals surface area contributed by atoms with Crippen LogP contribution in [0.3, 0.4) is 0 Å². The molecule has 1 amide bonds. The molecule has 2 aromatic heterocycles. The number of fused-ring (bicyclic) bond motifs is 1. The van der Waals surface area contributed by atoms with Crippen LogP contribution in [0.5, 0.6) is 5.75 Å². The van der Waals surface area contributed by atoms with Crippen molar-refractivity contribution in [2.75, 3.05) is 13.2 Å². The van der Waals surface area contributed by atoms with Crippen molar-refractivity contribution >= 4 is 11.6 Å². The van der Waals surface area contributed by atoms with E-state index in [2.05, 4.69) is 15.6 Å². The molecule has 0 bridgehead atoms. The van der Waals surface area contributed by atoms with Crippen molar-refractivity contribution in [3.8, 4) is 16.9 Å². The van der Waals surface area contributed by atoms with Gasteiger partial charge in [-0.2, -0.15) is 0 Å². The zero-order chi connectivity index (χ0) is 19.5.